The summed E-state index contributed by atoms with van der Waals surface area (Å²) >= 11 is 5.76. The summed E-state index contributed by atoms with van der Waals surface area (Å²) in [5, 5.41) is 3.31. The Balaban J connectivity index is 1.53. The summed E-state index contributed by atoms with van der Waals surface area (Å²) in [6.45, 7) is 0.616. The van der Waals surface area contributed by atoms with Crippen molar-refractivity contribution in [3.05, 3.63) is 76.5 Å². The maximum Gasteiger partial charge on any atom is 0.264 e. The van der Waals surface area contributed by atoms with Gasteiger partial charge in [-0.3, -0.25) is 9.52 Å². The first kappa shape index (κ1) is 24.1. The van der Waals surface area contributed by atoms with Gasteiger partial charge in [0.05, 0.1) is 22.2 Å². The van der Waals surface area contributed by atoms with Gasteiger partial charge in [-0.15, -0.1) is 0 Å². The number of H-pyrrole nitrogens is 1. The third-order valence-electron chi connectivity index (χ3n) is 5.71. The first-order valence-corrected chi connectivity index (χ1v) is 12.6. The fourth-order valence-corrected chi connectivity index (χ4v) is 5.10. The molecule has 186 valence electrons. The molecule has 3 N–H and O–H groups in total. The molecule has 0 amide bonds. The van der Waals surface area contributed by atoms with E-state index in [4.69, 9.17) is 11.6 Å². The molecule has 1 fully saturated rings. The topological polar surface area (TPSA) is 117 Å². The van der Waals surface area contributed by atoms with Crippen LogP contribution in [0.5, 0.6) is 0 Å². The lowest BCUT2D eigenvalue weighted by atomic mass is 10.0. The second kappa shape index (κ2) is 9.10. The molecule has 0 bridgehead atoms. The summed E-state index contributed by atoms with van der Waals surface area (Å²) in [5.41, 5.74) is -1.58. The van der Waals surface area contributed by atoms with Crippen LogP contribution in [0.1, 0.15) is 28.8 Å². The molecule has 2 heterocycles. The lowest BCUT2D eigenvalue weighted by Crippen LogP contribution is -2.17. The molecule has 1 saturated carbocycles. The number of aromatic amines is 1. The minimum absolute atomic E-state index is 0.0696. The van der Waals surface area contributed by atoms with Crippen molar-refractivity contribution in [2.75, 3.05) is 16.6 Å². The average Bonchev–Trinajstić information content (AvgIpc) is 3.57. The van der Waals surface area contributed by atoms with Gasteiger partial charge in [0.15, 0.2) is 5.82 Å². The zero-order chi connectivity index (χ0) is 25.6. The average molecular weight is 536 g/mol. The monoisotopic (exact) mass is 535 g/mol. The SMILES string of the molecule is O=C(c1c(F)ccc(NS(=O)(=O)c2cc(Cl)ccc2F)c1F)c1c[nH]c2ncnc(NCC3CC3)c12. The Hall–Kier alpha value is -3.64. The molecule has 36 heavy (non-hydrogen) atoms. The third-order valence-corrected chi connectivity index (χ3v) is 7.33. The molecule has 2 aromatic carbocycles. The fourth-order valence-electron chi connectivity index (χ4n) is 3.70. The number of ketones is 1. The molecule has 0 spiro atoms. The van der Waals surface area contributed by atoms with Gasteiger partial charge in [-0.2, -0.15) is 0 Å². The summed E-state index contributed by atoms with van der Waals surface area (Å²) in [5.74, 6) is -4.06. The van der Waals surface area contributed by atoms with Gasteiger partial charge in [0.25, 0.3) is 10.0 Å². The van der Waals surface area contributed by atoms with Crippen molar-refractivity contribution in [1.29, 1.82) is 0 Å². The number of sulfonamides is 1. The number of nitrogens with zero attached hydrogens (tertiary/aromatic N) is 2. The van der Waals surface area contributed by atoms with Gasteiger partial charge in [-0.25, -0.2) is 31.6 Å². The number of benzene rings is 2. The van der Waals surface area contributed by atoms with E-state index in [9.17, 15) is 22.0 Å². The van der Waals surface area contributed by atoms with Crippen LogP contribution in [0.4, 0.5) is 24.7 Å². The summed E-state index contributed by atoms with van der Waals surface area (Å²) in [6, 6.07) is 4.35. The summed E-state index contributed by atoms with van der Waals surface area (Å²) in [6.07, 6.45) is 4.67. The van der Waals surface area contributed by atoms with E-state index in [0.717, 1.165) is 43.2 Å². The summed E-state index contributed by atoms with van der Waals surface area (Å²) < 4.78 is 71.5. The predicted octanol–water partition coefficient (Wildman–Crippen LogP) is 4.88. The van der Waals surface area contributed by atoms with Crippen LogP contribution < -0.4 is 10.0 Å². The van der Waals surface area contributed by atoms with Crippen molar-refractivity contribution >= 4 is 49.9 Å². The Morgan fingerprint density at radius 2 is 1.86 bits per heavy atom. The number of carbonyl (C=O) groups is 1. The first-order chi connectivity index (χ1) is 17.2. The van der Waals surface area contributed by atoms with E-state index in [1.54, 1.807) is 0 Å². The Kier molecular flexibility index (Phi) is 6.08. The van der Waals surface area contributed by atoms with Crippen LogP contribution >= 0.6 is 11.6 Å². The zero-order valence-corrected chi connectivity index (χ0v) is 19.9. The molecular weight excluding hydrogens is 519 g/mol. The Labute approximate surface area is 208 Å². The highest BCUT2D eigenvalue weighted by Gasteiger charge is 2.29. The van der Waals surface area contributed by atoms with Crippen LogP contribution in [0, 0.1) is 23.4 Å². The number of aromatic nitrogens is 3. The smallest absolute Gasteiger partial charge is 0.264 e. The maximum absolute atomic E-state index is 15.4. The molecule has 4 aromatic rings. The minimum atomic E-state index is -4.67. The van der Waals surface area contributed by atoms with E-state index in [1.807, 2.05) is 4.72 Å². The number of hydrogen-bond acceptors (Lipinski definition) is 6. The summed E-state index contributed by atoms with van der Waals surface area (Å²) in [4.78, 5) is 23.5. The molecule has 13 heteroatoms. The Bertz CT molecular complexity index is 1620. The molecule has 2 aromatic heterocycles. The van der Waals surface area contributed by atoms with Crippen LogP contribution in [0.15, 0.2) is 47.8 Å². The molecular formula is C23H17ClF3N5O3S. The zero-order valence-electron chi connectivity index (χ0n) is 18.3. The van der Waals surface area contributed by atoms with E-state index >= 15 is 4.39 Å². The lowest BCUT2D eigenvalue weighted by molar-refractivity contribution is 0.103. The minimum Gasteiger partial charge on any atom is -0.369 e. The number of halogens is 4. The van der Waals surface area contributed by atoms with Crippen molar-refractivity contribution < 1.29 is 26.4 Å². The summed E-state index contributed by atoms with van der Waals surface area (Å²) in [7, 11) is -4.67. The van der Waals surface area contributed by atoms with Gasteiger partial charge in [-0.1, -0.05) is 11.6 Å². The van der Waals surface area contributed by atoms with E-state index in [2.05, 4.69) is 20.3 Å². The molecule has 1 aliphatic carbocycles. The van der Waals surface area contributed by atoms with E-state index in [-0.39, 0.29) is 21.6 Å². The Morgan fingerprint density at radius 1 is 1.11 bits per heavy atom. The van der Waals surface area contributed by atoms with Gasteiger partial charge in [-0.05, 0) is 49.1 Å². The molecule has 0 atom stereocenters. The number of fused-ring (bicyclic) bond motifs is 1. The highest BCUT2D eigenvalue weighted by atomic mass is 35.5. The van der Waals surface area contributed by atoms with Crippen molar-refractivity contribution in [1.82, 2.24) is 15.0 Å². The molecule has 0 radical (unpaired) electrons. The molecule has 0 unspecified atom stereocenters. The van der Waals surface area contributed by atoms with Crippen molar-refractivity contribution in [2.24, 2.45) is 5.92 Å². The van der Waals surface area contributed by atoms with Gasteiger partial charge in [0.2, 0.25) is 5.78 Å². The molecule has 5 rings (SSSR count). The van der Waals surface area contributed by atoms with Crippen LogP contribution in [-0.2, 0) is 10.0 Å². The molecule has 8 nitrogen and oxygen atoms in total. The van der Waals surface area contributed by atoms with Gasteiger partial charge < -0.3 is 10.3 Å². The van der Waals surface area contributed by atoms with Crippen molar-refractivity contribution in [2.45, 2.75) is 17.7 Å². The quantitative estimate of drug-likeness (QED) is 0.277. The van der Waals surface area contributed by atoms with Crippen molar-refractivity contribution in [3.8, 4) is 0 Å². The number of carbonyl (C=O) groups excluding carboxylic acids is 1. The van der Waals surface area contributed by atoms with Crippen LogP contribution in [0.25, 0.3) is 11.0 Å². The lowest BCUT2D eigenvalue weighted by Gasteiger charge is -2.13. The van der Waals surface area contributed by atoms with Gasteiger partial charge in [0, 0.05) is 17.8 Å². The molecule has 1 aliphatic rings. The van der Waals surface area contributed by atoms with Crippen LogP contribution in [-0.4, -0.2) is 35.7 Å². The van der Waals surface area contributed by atoms with Gasteiger partial charge in [0.1, 0.15) is 34.3 Å². The van der Waals surface area contributed by atoms with E-state index in [0.29, 0.717) is 18.3 Å². The predicted molar refractivity (Wildman–Crippen MR) is 127 cm³/mol. The van der Waals surface area contributed by atoms with Crippen molar-refractivity contribution in [3.63, 3.8) is 0 Å². The first-order valence-electron chi connectivity index (χ1n) is 10.7. The highest BCUT2D eigenvalue weighted by molar-refractivity contribution is 7.92. The number of hydrogen-bond donors (Lipinski definition) is 3. The number of anilines is 2. The standard InChI is InChI=1S/C23H17ClF3N5O3S/c24-12-3-4-14(25)17(7-12)36(34,35)32-16-6-5-15(26)19(20(16)27)21(33)13-9-29-23-18(13)22(30-10-31-23)28-8-11-1-2-11/h3-7,9-11,32H,1-2,8H2,(H2,28,29,30,31). The number of rotatable bonds is 8. The number of nitrogens with one attached hydrogen (secondary N) is 3. The Morgan fingerprint density at radius 3 is 2.61 bits per heavy atom. The fraction of sp³-hybridized carbons (Fsp3) is 0.174. The van der Waals surface area contributed by atoms with E-state index in [1.165, 1.54) is 12.5 Å². The molecule has 0 aliphatic heterocycles. The van der Waals surface area contributed by atoms with Gasteiger partial charge >= 0.3 is 0 Å². The third kappa shape index (κ3) is 4.49. The van der Waals surface area contributed by atoms with E-state index < -0.39 is 49.4 Å². The normalized spacial score (nSPS) is 13.7. The maximum atomic E-state index is 15.4. The largest absolute Gasteiger partial charge is 0.369 e. The van der Waals surface area contributed by atoms with Crippen LogP contribution in [0.2, 0.25) is 5.02 Å². The van der Waals surface area contributed by atoms with Crippen LogP contribution in [0.3, 0.4) is 0 Å². The second-order valence-corrected chi connectivity index (χ2v) is 10.4. The molecule has 0 saturated heterocycles. The second-order valence-electron chi connectivity index (χ2n) is 8.27. The highest BCUT2D eigenvalue weighted by Crippen LogP contribution is 2.33.